The Kier molecular flexibility index (Phi) is 32.2. The number of ketones is 1. The summed E-state index contributed by atoms with van der Waals surface area (Å²) in [4.78, 5) is 109. The van der Waals surface area contributed by atoms with Crippen LogP contribution >= 0.6 is 84.6 Å². The van der Waals surface area contributed by atoms with E-state index in [9.17, 15) is 43.5 Å². The number of aliphatic hydroxyl groups excluding tert-OH is 1. The van der Waals surface area contributed by atoms with Gasteiger partial charge in [-0.1, -0.05) is 109 Å². The second kappa shape index (κ2) is 36.1. The van der Waals surface area contributed by atoms with Crippen LogP contribution in [0.15, 0.2) is 24.1 Å². The summed E-state index contributed by atoms with van der Waals surface area (Å²) in [5.41, 5.74) is 0.303. The lowest BCUT2D eigenvalue weighted by Crippen LogP contribution is -2.61. The molecule has 1 aromatic rings. The van der Waals surface area contributed by atoms with Crippen LogP contribution in [0.4, 0.5) is 0 Å². The zero-order chi connectivity index (χ0) is 63.2. The molecule has 2 heterocycles. The molecule has 23 nitrogen and oxygen atoms in total. The highest BCUT2D eigenvalue weighted by Crippen LogP contribution is 2.18. The number of nitrogens with one attached hydrogen (secondary N) is 12. The predicted octanol–water partition coefficient (Wildman–Crippen LogP) is 0.744. The van der Waals surface area contributed by atoms with Gasteiger partial charge in [0.25, 0.3) is 5.91 Å². The van der Waals surface area contributed by atoms with Crippen LogP contribution in [0.2, 0.25) is 0 Å². The average Bonchev–Trinajstić information content (AvgIpc) is 3.78. The molecule has 1 aliphatic heterocycles. The number of carbonyl (C=O) groups is 8. The third-order valence-electron chi connectivity index (χ3n) is 13.3. The molecule has 0 saturated heterocycles. The SMILES string of the molecule is CC[C@H](C)[C@@H]1NC(=O)[C@H](NC(=O)[C@H](C)NC(=S)[C@H](C)NC(=S)[C@H](C)NC(=S)[C@H](C)NC(=S)[C@H](CCSC)NC(=S)[C@@H](NC(=O)C(C)=O)C(C)C)CS/C=C\NC(=O)[C@H](C(O)c2c[n+](C)cn2C)NC(=O)[C@H](CC(C)C)NC(=O)[C@H](C)NC1=O. The second-order valence-electron chi connectivity index (χ2n) is 21.4. The van der Waals surface area contributed by atoms with Crippen molar-refractivity contribution in [1.82, 2.24) is 68.4 Å². The number of thiocarbonyl (C=S) groups is 5. The van der Waals surface area contributed by atoms with E-state index in [1.165, 1.54) is 25.5 Å². The number of Topliss-reactive ketones (excluding diaryl/α,β-unsaturated/α-hetero) is 1. The Labute approximate surface area is 524 Å². The normalized spacial score (nSPS) is 21.7. The summed E-state index contributed by atoms with van der Waals surface area (Å²) < 4.78 is 3.26. The largest absolute Gasteiger partial charge is 0.382 e. The Hall–Kier alpha value is -4.98. The first-order valence-electron chi connectivity index (χ1n) is 27.3. The van der Waals surface area contributed by atoms with Gasteiger partial charge in [0.1, 0.15) is 48.6 Å². The lowest BCUT2D eigenvalue weighted by molar-refractivity contribution is -0.671. The maximum absolute atomic E-state index is 14.2. The Morgan fingerprint density at radius 3 is 1.81 bits per heavy atom. The number of hydrogen-bond acceptors (Lipinski definition) is 16. The third kappa shape index (κ3) is 24.5. The van der Waals surface area contributed by atoms with Gasteiger partial charge < -0.3 is 68.9 Å². The fourth-order valence-electron chi connectivity index (χ4n) is 8.02. The van der Waals surface area contributed by atoms with E-state index in [2.05, 4.69) is 63.8 Å². The summed E-state index contributed by atoms with van der Waals surface area (Å²) >= 11 is 31.4. The molecule has 464 valence electrons. The summed E-state index contributed by atoms with van der Waals surface area (Å²) in [7, 11) is 3.40. The molecule has 83 heavy (non-hydrogen) atoms. The highest BCUT2D eigenvalue weighted by Gasteiger charge is 2.38. The molecule has 0 saturated carbocycles. The van der Waals surface area contributed by atoms with Gasteiger partial charge in [0, 0.05) is 18.9 Å². The van der Waals surface area contributed by atoms with Gasteiger partial charge in [-0.05, 0) is 82.6 Å². The van der Waals surface area contributed by atoms with E-state index in [1.807, 2.05) is 54.7 Å². The monoisotopic (exact) mass is 1290 g/mol. The first-order chi connectivity index (χ1) is 38.7. The van der Waals surface area contributed by atoms with E-state index < -0.39 is 126 Å². The molecule has 7 amide bonds. The minimum Gasteiger partial charge on any atom is -0.382 e. The summed E-state index contributed by atoms with van der Waals surface area (Å²) in [6.45, 7) is 20.6. The van der Waals surface area contributed by atoms with Gasteiger partial charge in [-0.25, -0.2) is 9.13 Å². The van der Waals surface area contributed by atoms with E-state index in [1.54, 1.807) is 68.3 Å². The first-order valence-corrected chi connectivity index (χ1v) is 31.8. The van der Waals surface area contributed by atoms with Crippen molar-refractivity contribution >= 4 is 157 Å². The van der Waals surface area contributed by atoms with Crippen LogP contribution in [-0.2, 0) is 52.5 Å². The number of imidazole rings is 1. The van der Waals surface area contributed by atoms with Crippen molar-refractivity contribution in [3.8, 4) is 0 Å². The minimum atomic E-state index is -1.55. The number of aliphatic hydroxyl groups is 1. The zero-order valence-corrected chi connectivity index (χ0v) is 55.7. The topological polar surface area (TPSA) is 310 Å². The lowest BCUT2D eigenvalue weighted by Gasteiger charge is -2.30. The number of rotatable bonds is 24. The first kappa shape index (κ1) is 74.1. The molecule has 1 unspecified atom stereocenters. The van der Waals surface area contributed by atoms with Gasteiger partial charge in [0.05, 0.1) is 69.2 Å². The van der Waals surface area contributed by atoms with Crippen molar-refractivity contribution in [3.05, 3.63) is 29.8 Å². The standard InChI is InChI=1S/C53H86N14O9S7/c1-16-27(6)39-48(76)55-28(7)42(70)60-35(21-25(2)3)45(73)65-40(41(69)37-22-66(13)24-67(37)14)47(75)54-18-20-83-23-36(46(74)64-39)61-43(71)29(8)56-49(77)30(9)57-50(78)31(10)58-51(79)32(11)59-52(80)34(17-19-82-15)62-53(81)38(26(4)5)63-44(72)33(12)68/h18,20,22,24-32,34-36,38-41,69H,16-17,19,21,23H2,1-15H3,(H11-,54,55,56,57,58,59,60,61,62,63,64,65,70,71,72,73,74,75,76,77,78,79,80,81)/p+1/b20-18-/t27-,28-,29-,30-,31-,32-,34-,35-,36+,38-,39-,40-,41?/m0/s1. The minimum absolute atomic E-state index is 0.0977. The van der Waals surface area contributed by atoms with E-state index in [-0.39, 0.29) is 29.0 Å². The van der Waals surface area contributed by atoms with Crippen molar-refractivity contribution in [3.63, 3.8) is 0 Å². The summed E-state index contributed by atoms with van der Waals surface area (Å²) in [6.07, 6.45) is 6.16. The van der Waals surface area contributed by atoms with Gasteiger partial charge in [-0.2, -0.15) is 11.8 Å². The quantitative estimate of drug-likeness (QED) is 0.0386. The van der Waals surface area contributed by atoms with Crippen LogP contribution in [0, 0.1) is 17.8 Å². The molecule has 13 atom stereocenters. The van der Waals surface area contributed by atoms with Gasteiger partial charge in [-0.3, -0.25) is 38.4 Å². The van der Waals surface area contributed by atoms with Crippen molar-refractivity contribution in [2.24, 2.45) is 31.8 Å². The summed E-state index contributed by atoms with van der Waals surface area (Å²) in [5.74, 6) is -5.63. The Morgan fingerprint density at radius 1 is 0.747 bits per heavy atom. The molecule has 0 aromatic carbocycles. The van der Waals surface area contributed by atoms with Crippen molar-refractivity contribution in [2.45, 2.75) is 175 Å². The molecule has 0 aliphatic carbocycles. The van der Waals surface area contributed by atoms with Gasteiger partial charge >= 0.3 is 0 Å². The van der Waals surface area contributed by atoms with Crippen LogP contribution in [0.3, 0.4) is 0 Å². The molecule has 2 rings (SSSR count). The number of carbonyl (C=O) groups excluding carboxylic acids is 8. The Bertz CT molecular complexity index is 2550. The van der Waals surface area contributed by atoms with Crippen LogP contribution in [-0.4, -0.2) is 166 Å². The highest BCUT2D eigenvalue weighted by atomic mass is 32.2. The number of amides is 7. The van der Waals surface area contributed by atoms with E-state index >= 15 is 0 Å². The molecule has 0 spiro atoms. The molecule has 0 bridgehead atoms. The van der Waals surface area contributed by atoms with E-state index in [0.717, 1.165) is 17.5 Å². The fourth-order valence-corrected chi connectivity index (χ4v) is 10.7. The molecule has 0 fully saturated rings. The van der Waals surface area contributed by atoms with Gasteiger partial charge in [-0.15, -0.1) is 11.8 Å². The number of aromatic nitrogens is 2. The number of thioether (sulfide) groups is 2. The molecule has 1 aliphatic rings. The second-order valence-corrected chi connectivity index (χ2v) is 25.5. The molecule has 30 heteroatoms. The van der Waals surface area contributed by atoms with Crippen LogP contribution < -0.4 is 68.4 Å². The fraction of sp³-hybridized carbons (Fsp3) is 0.660. The smallest absolute Gasteiger partial charge is 0.287 e. The molecular weight excluding hydrogens is 1200 g/mol. The van der Waals surface area contributed by atoms with Crippen molar-refractivity contribution in [1.29, 1.82) is 0 Å². The third-order valence-corrected chi connectivity index (χ3v) is 17.0. The summed E-state index contributed by atoms with van der Waals surface area (Å²) in [6, 6.07) is -9.89. The molecule has 13 N–H and O–H groups in total. The Balaban J connectivity index is 2.27. The van der Waals surface area contributed by atoms with Crippen LogP contribution in [0.1, 0.15) is 114 Å². The van der Waals surface area contributed by atoms with E-state index in [4.69, 9.17) is 61.1 Å². The molecule has 1 aromatic heterocycles. The number of hydrogen-bond donors (Lipinski definition) is 13. The van der Waals surface area contributed by atoms with Crippen molar-refractivity contribution < 1.29 is 48.0 Å². The van der Waals surface area contributed by atoms with Crippen LogP contribution in [0.25, 0.3) is 0 Å². The maximum atomic E-state index is 14.2. The molecular formula is C53H87N14O9S7+. The van der Waals surface area contributed by atoms with Crippen LogP contribution in [0.5, 0.6) is 0 Å². The molecule has 0 radical (unpaired) electrons. The van der Waals surface area contributed by atoms with E-state index in [0.29, 0.717) is 38.5 Å². The zero-order valence-electron chi connectivity index (χ0n) is 50.0. The summed E-state index contributed by atoms with van der Waals surface area (Å²) in [5, 5.41) is 47.9. The predicted molar refractivity (Wildman–Crippen MR) is 346 cm³/mol. The van der Waals surface area contributed by atoms with Crippen molar-refractivity contribution in [2.75, 3.05) is 17.8 Å². The lowest BCUT2D eigenvalue weighted by atomic mass is 9.97. The number of aryl methyl sites for hydroxylation is 2. The van der Waals surface area contributed by atoms with Gasteiger partial charge in [0.2, 0.25) is 47.6 Å². The Morgan fingerprint density at radius 2 is 1.30 bits per heavy atom. The number of nitrogens with zero attached hydrogens (tertiary/aromatic N) is 2. The average molecular weight is 1290 g/mol. The maximum Gasteiger partial charge on any atom is 0.287 e. The van der Waals surface area contributed by atoms with Gasteiger partial charge in [0.15, 0.2) is 5.69 Å². The highest BCUT2D eigenvalue weighted by molar-refractivity contribution is 8.02.